The molecule has 1 fully saturated rings. The average molecular weight is 366 g/mol. The van der Waals surface area contributed by atoms with Crippen LogP contribution in [0.15, 0.2) is 24.5 Å². The second-order valence-corrected chi connectivity index (χ2v) is 6.51. The molecule has 8 heteroatoms. The molecule has 1 aromatic heterocycles. The topological polar surface area (TPSA) is 73.1 Å². The van der Waals surface area contributed by atoms with Crippen molar-refractivity contribution in [3.05, 3.63) is 30.1 Å². The minimum atomic E-state index is -4.73. The first kappa shape index (κ1) is 18.3. The van der Waals surface area contributed by atoms with Crippen LogP contribution in [0, 0.1) is 12.8 Å². The normalized spacial score (nSPS) is 15.6. The fourth-order valence-electron chi connectivity index (χ4n) is 3.05. The van der Waals surface area contributed by atoms with Gasteiger partial charge in [-0.25, -0.2) is 9.97 Å². The van der Waals surface area contributed by atoms with E-state index in [1.54, 1.807) is 6.92 Å². The van der Waals surface area contributed by atoms with Crippen LogP contribution in [0.1, 0.15) is 31.7 Å². The third-order valence-corrected chi connectivity index (χ3v) is 4.52. The van der Waals surface area contributed by atoms with Crippen molar-refractivity contribution in [2.24, 2.45) is 5.92 Å². The van der Waals surface area contributed by atoms with Gasteiger partial charge in [-0.1, -0.05) is 6.92 Å². The van der Waals surface area contributed by atoms with Gasteiger partial charge in [0.15, 0.2) is 5.82 Å². The first-order valence-corrected chi connectivity index (χ1v) is 8.52. The lowest BCUT2D eigenvalue weighted by Gasteiger charge is -2.19. The predicted molar refractivity (Wildman–Crippen MR) is 93.7 cm³/mol. The van der Waals surface area contributed by atoms with Gasteiger partial charge in [-0.3, -0.25) is 0 Å². The molecule has 26 heavy (non-hydrogen) atoms. The summed E-state index contributed by atoms with van der Waals surface area (Å²) >= 11 is 0. The van der Waals surface area contributed by atoms with E-state index in [1.807, 2.05) is 0 Å². The summed E-state index contributed by atoms with van der Waals surface area (Å²) in [5.74, 6) is 0.923. The highest BCUT2D eigenvalue weighted by molar-refractivity contribution is 5.82. The molecule has 0 aliphatic heterocycles. The van der Waals surface area contributed by atoms with E-state index in [1.165, 1.54) is 37.4 Å². The molecule has 140 valence electrons. The Balaban J connectivity index is 1.88. The quantitative estimate of drug-likeness (QED) is 0.786. The fourth-order valence-corrected chi connectivity index (χ4v) is 3.05. The van der Waals surface area contributed by atoms with Crippen LogP contribution in [0.3, 0.4) is 0 Å². The van der Waals surface area contributed by atoms with Crippen molar-refractivity contribution >= 4 is 11.5 Å². The second-order valence-electron chi connectivity index (χ2n) is 6.51. The minimum Gasteiger partial charge on any atom is -0.406 e. The maximum atomic E-state index is 12.4. The van der Waals surface area contributed by atoms with Gasteiger partial charge in [0.25, 0.3) is 0 Å². The highest BCUT2D eigenvalue weighted by Gasteiger charge is 2.32. The summed E-state index contributed by atoms with van der Waals surface area (Å²) in [6, 6.07) is 4.40. The zero-order valence-electron chi connectivity index (χ0n) is 14.6. The van der Waals surface area contributed by atoms with E-state index in [4.69, 9.17) is 5.73 Å². The number of hydrogen-bond donors (Lipinski definition) is 2. The Morgan fingerprint density at radius 2 is 2.04 bits per heavy atom. The molecule has 5 nitrogen and oxygen atoms in total. The Morgan fingerprint density at radius 3 is 2.62 bits per heavy atom. The van der Waals surface area contributed by atoms with E-state index < -0.39 is 6.36 Å². The monoisotopic (exact) mass is 366 g/mol. The summed E-state index contributed by atoms with van der Waals surface area (Å²) in [4.78, 5) is 8.47. The first-order valence-electron chi connectivity index (χ1n) is 8.52. The Morgan fingerprint density at radius 1 is 1.31 bits per heavy atom. The molecule has 0 saturated heterocycles. The molecular weight excluding hydrogens is 345 g/mol. The first-order chi connectivity index (χ1) is 12.3. The lowest BCUT2D eigenvalue weighted by Crippen LogP contribution is -2.22. The summed E-state index contributed by atoms with van der Waals surface area (Å²) in [6.07, 6.45) is 0.0440. The number of ether oxygens (including phenoxy) is 1. The van der Waals surface area contributed by atoms with Gasteiger partial charge >= 0.3 is 6.36 Å². The number of anilines is 2. The lowest BCUT2D eigenvalue weighted by atomic mass is 10.0. The molecule has 0 bridgehead atoms. The molecule has 0 spiro atoms. The van der Waals surface area contributed by atoms with Gasteiger partial charge in [0.2, 0.25) is 0 Å². The summed E-state index contributed by atoms with van der Waals surface area (Å²) < 4.78 is 41.1. The fraction of sp³-hybridized carbons (Fsp3) is 0.444. The minimum absolute atomic E-state index is 0.274. The molecule has 1 heterocycles. The van der Waals surface area contributed by atoms with Gasteiger partial charge in [-0.05, 0) is 55.9 Å². The molecule has 3 N–H and O–H groups in total. The highest BCUT2D eigenvalue weighted by atomic mass is 19.4. The van der Waals surface area contributed by atoms with Gasteiger partial charge in [0.1, 0.15) is 17.8 Å². The van der Waals surface area contributed by atoms with Gasteiger partial charge in [0, 0.05) is 11.6 Å². The number of aryl methyl sites for hydroxylation is 1. The van der Waals surface area contributed by atoms with Crippen LogP contribution in [-0.4, -0.2) is 22.4 Å². The summed E-state index contributed by atoms with van der Waals surface area (Å²) in [7, 11) is 0. The second kappa shape index (κ2) is 7.01. The highest BCUT2D eigenvalue weighted by Crippen LogP contribution is 2.38. The van der Waals surface area contributed by atoms with Crippen molar-refractivity contribution in [1.29, 1.82) is 0 Å². The Bertz CT molecular complexity index is 790. The number of benzene rings is 1. The van der Waals surface area contributed by atoms with Crippen LogP contribution in [0.2, 0.25) is 0 Å². The molecule has 1 aromatic carbocycles. The number of hydrogen-bond acceptors (Lipinski definition) is 5. The molecule has 1 atom stereocenters. The third-order valence-electron chi connectivity index (χ3n) is 4.52. The van der Waals surface area contributed by atoms with Crippen LogP contribution >= 0.6 is 0 Å². The third kappa shape index (κ3) is 4.17. The molecule has 2 aromatic rings. The summed E-state index contributed by atoms with van der Waals surface area (Å²) in [5, 5.41) is 3.38. The van der Waals surface area contributed by atoms with E-state index >= 15 is 0 Å². The number of nitrogens with one attached hydrogen (secondary N) is 1. The van der Waals surface area contributed by atoms with Gasteiger partial charge < -0.3 is 15.8 Å². The Labute approximate surface area is 149 Å². The van der Waals surface area contributed by atoms with Crippen LogP contribution < -0.4 is 15.8 Å². The van der Waals surface area contributed by atoms with Crippen molar-refractivity contribution in [3.8, 4) is 17.0 Å². The van der Waals surface area contributed by atoms with E-state index in [-0.39, 0.29) is 5.75 Å². The van der Waals surface area contributed by atoms with E-state index in [9.17, 15) is 13.2 Å². The number of nitrogens with zero attached hydrogens (tertiary/aromatic N) is 2. The zero-order chi connectivity index (χ0) is 18.9. The molecule has 1 aliphatic carbocycles. The number of aromatic nitrogens is 2. The Hall–Kier alpha value is -2.51. The summed E-state index contributed by atoms with van der Waals surface area (Å²) in [5.41, 5.74) is 8.35. The predicted octanol–water partition coefficient (Wildman–Crippen LogP) is 4.53. The van der Waals surface area contributed by atoms with E-state index in [0.29, 0.717) is 40.3 Å². The van der Waals surface area contributed by atoms with Gasteiger partial charge in [0.05, 0.1) is 5.69 Å². The largest absolute Gasteiger partial charge is 0.573 e. The van der Waals surface area contributed by atoms with Gasteiger partial charge in [-0.2, -0.15) is 0 Å². The number of nitrogen functional groups attached to an aromatic ring is 1. The molecule has 1 saturated carbocycles. The Kier molecular flexibility index (Phi) is 4.93. The molecule has 3 rings (SSSR count). The molecule has 0 amide bonds. The molecular formula is C18H21F3N4O. The number of halogens is 3. The van der Waals surface area contributed by atoms with Crippen molar-refractivity contribution < 1.29 is 17.9 Å². The van der Waals surface area contributed by atoms with Crippen LogP contribution in [0.25, 0.3) is 11.3 Å². The van der Waals surface area contributed by atoms with Crippen molar-refractivity contribution in [3.63, 3.8) is 0 Å². The lowest BCUT2D eigenvalue weighted by molar-refractivity contribution is -0.274. The molecule has 0 radical (unpaired) electrons. The van der Waals surface area contributed by atoms with Crippen LogP contribution in [0.5, 0.6) is 5.75 Å². The van der Waals surface area contributed by atoms with E-state index in [0.717, 1.165) is 6.42 Å². The van der Waals surface area contributed by atoms with E-state index in [2.05, 4.69) is 26.9 Å². The van der Waals surface area contributed by atoms with Gasteiger partial charge in [-0.15, -0.1) is 13.2 Å². The number of alkyl halides is 3. The standard InChI is InChI=1S/C18H21F3N4O/c1-3-14(11-4-5-11)25-17-15(22)16(23-9-24-17)13-7-6-12(8-10(13)2)26-18(19,20)21/h6-9,11,14H,3-5,22H2,1-2H3,(H,23,24,25)/t14-/m1/s1. The van der Waals surface area contributed by atoms with Crippen molar-refractivity contribution in [2.75, 3.05) is 11.1 Å². The number of rotatable bonds is 6. The van der Waals surface area contributed by atoms with Crippen LogP contribution in [-0.2, 0) is 0 Å². The molecule has 1 aliphatic rings. The number of nitrogens with two attached hydrogens (primary N) is 1. The van der Waals surface area contributed by atoms with Crippen molar-refractivity contribution in [2.45, 2.75) is 45.5 Å². The summed E-state index contributed by atoms with van der Waals surface area (Å²) in [6.45, 7) is 3.80. The SMILES string of the molecule is CC[C@@H](Nc1ncnc(-c2ccc(OC(F)(F)F)cc2C)c1N)C1CC1. The smallest absolute Gasteiger partial charge is 0.406 e. The zero-order valence-corrected chi connectivity index (χ0v) is 14.6. The van der Waals surface area contributed by atoms with Crippen LogP contribution in [0.4, 0.5) is 24.7 Å². The maximum absolute atomic E-state index is 12.4. The van der Waals surface area contributed by atoms with Crippen molar-refractivity contribution in [1.82, 2.24) is 9.97 Å². The average Bonchev–Trinajstić information content (AvgIpc) is 3.38. The maximum Gasteiger partial charge on any atom is 0.573 e. The molecule has 0 unspecified atom stereocenters.